The van der Waals surface area contributed by atoms with Crippen molar-refractivity contribution in [2.75, 3.05) is 27.4 Å². The molecule has 1 aliphatic heterocycles. The molecule has 2 atom stereocenters. The highest BCUT2D eigenvalue weighted by atomic mass is 32.2. The largest absolute Gasteiger partial charge is 0.493 e. The number of ether oxygens (including phenoxy) is 4. The first-order valence-electron chi connectivity index (χ1n) is 14.1. The molecule has 230 valence electrons. The Kier molecular flexibility index (Phi) is 10.7. The van der Waals surface area contributed by atoms with Gasteiger partial charge in [0.05, 0.1) is 19.1 Å². The third-order valence-electron chi connectivity index (χ3n) is 7.35. The second-order valence-corrected chi connectivity index (χ2v) is 12.2. The molecule has 0 aromatic heterocycles. The van der Waals surface area contributed by atoms with Crippen LogP contribution in [0.5, 0.6) is 17.2 Å². The van der Waals surface area contributed by atoms with Crippen molar-refractivity contribution >= 4 is 22.0 Å². The first kappa shape index (κ1) is 31.8. The van der Waals surface area contributed by atoms with Gasteiger partial charge < -0.3 is 24.1 Å². The average molecular weight is 612 g/mol. The molecule has 0 radical (unpaired) electrons. The van der Waals surface area contributed by atoms with E-state index in [2.05, 4.69) is 0 Å². The molecule has 0 bridgehead atoms. The number of methoxy groups -OCH3 is 2. The topological polar surface area (TPSA) is 129 Å². The van der Waals surface area contributed by atoms with E-state index in [0.717, 1.165) is 11.1 Å². The quantitative estimate of drug-likeness (QED) is 0.267. The summed E-state index contributed by atoms with van der Waals surface area (Å²) in [6.07, 6.45) is 1.76. The van der Waals surface area contributed by atoms with Gasteiger partial charge in [0, 0.05) is 6.54 Å². The minimum atomic E-state index is -3.93. The smallest absolute Gasteiger partial charge is 0.341 e. The lowest BCUT2D eigenvalue weighted by molar-refractivity contribution is -0.155. The summed E-state index contributed by atoms with van der Waals surface area (Å²) < 4.78 is 50.6. The molecule has 1 unspecified atom stereocenters. The van der Waals surface area contributed by atoms with Gasteiger partial charge in [-0.15, -0.1) is 0 Å². The molecule has 1 N–H and O–H groups in total. The van der Waals surface area contributed by atoms with Crippen LogP contribution in [0, 0.1) is 6.92 Å². The number of carbonyl (C=O) groups is 2. The Bertz CT molecular complexity index is 1520. The van der Waals surface area contributed by atoms with E-state index in [4.69, 9.17) is 24.1 Å². The van der Waals surface area contributed by atoms with Crippen LogP contribution in [0.2, 0.25) is 0 Å². The lowest BCUT2D eigenvalue weighted by atomic mass is 10.00. The molecule has 0 aliphatic carbocycles. The fourth-order valence-corrected chi connectivity index (χ4v) is 6.72. The van der Waals surface area contributed by atoms with Crippen molar-refractivity contribution in [2.45, 2.75) is 56.1 Å². The van der Waals surface area contributed by atoms with Gasteiger partial charge in [-0.2, -0.15) is 4.31 Å². The fourth-order valence-electron chi connectivity index (χ4n) is 5.07. The second-order valence-electron chi connectivity index (χ2n) is 10.3. The maximum absolute atomic E-state index is 13.7. The third-order valence-corrected chi connectivity index (χ3v) is 9.27. The number of hydrogen-bond acceptors (Lipinski definition) is 8. The van der Waals surface area contributed by atoms with E-state index in [1.165, 1.54) is 4.31 Å². The Balaban J connectivity index is 1.60. The molecule has 1 heterocycles. The summed E-state index contributed by atoms with van der Waals surface area (Å²) in [5, 5.41) is 9.03. The summed E-state index contributed by atoms with van der Waals surface area (Å²) in [5.41, 5.74) is 2.44. The van der Waals surface area contributed by atoms with E-state index in [-0.39, 0.29) is 11.4 Å². The van der Waals surface area contributed by atoms with Gasteiger partial charge in [-0.25, -0.2) is 13.2 Å². The zero-order chi connectivity index (χ0) is 31.0. The number of rotatable bonds is 13. The van der Waals surface area contributed by atoms with Crippen LogP contribution in [0.15, 0.2) is 71.6 Å². The van der Waals surface area contributed by atoms with Crippen LogP contribution in [-0.4, -0.2) is 63.2 Å². The van der Waals surface area contributed by atoms with Gasteiger partial charge >= 0.3 is 11.9 Å². The van der Waals surface area contributed by atoms with E-state index >= 15 is 0 Å². The van der Waals surface area contributed by atoms with Crippen LogP contribution in [-0.2, 0) is 30.8 Å². The molecule has 43 heavy (non-hydrogen) atoms. The standard InChI is InChI=1S/C32H37NO9S/c1-22-10-14-26(15-11-22)43(37,38)33-18-5-4-9-27(33)32(36)42-28(24-7-6-8-25(20-24)41-21-31(34)35)16-12-23-13-17-29(39-2)30(19-23)40-3/h6-8,10-11,13-15,17,19-20,27-28H,4-5,9,12,16,18,21H2,1-3H3,(H,34,35)/t27?,28-/m1/s1. The number of nitrogens with zero attached hydrogens (tertiary/aromatic N) is 1. The Morgan fingerprint density at radius 1 is 0.977 bits per heavy atom. The van der Waals surface area contributed by atoms with Gasteiger partial charge in [-0.05, 0) is 86.6 Å². The van der Waals surface area contributed by atoms with Crippen molar-refractivity contribution in [2.24, 2.45) is 0 Å². The summed E-state index contributed by atoms with van der Waals surface area (Å²) in [6.45, 7) is 1.57. The second kappa shape index (κ2) is 14.4. The third kappa shape index (κ3) is 8.05. The SMILES string of the molecule is COc1ccc(CC[C@@H](OC(=O)C2CCCCN2S(=O)(=O)c2ccc(C)cc2)c2cccc(OCC(=O)O)c2)cc1OC. The lowest BCUT2D eigenvalue weighted by Gasteiger charge is -2.34. The van der Waals surface area contributed by atoms with Gasteiger partial charge in [0.1, 0.15) is 17.9 Å². The number of aryl methyl sites for hydroxylation is 2. The Labute approximate surface area is 252 Å². The Hall–Kier alpha value is -4.09. The minimum absolute atomic E-state index is 0.131. The van der Waals surface area contributed by atoms with E-state index in [1.54, 1.807) is 68.8 Å². The van der Waals surface area contributed by atoms with Crippen molar-refractivity contribution in [3.05, 3.63) is 83.4 Å². The zero-order valence-corrected chi connectivity index (χ0v) is 25.3. The molecule has 11 heteroatoms. The van der Waals surface area contributed by atoms with Crippen molar-refractivity contribution < 1.29 is 42.1 Å². The number of aliphatic carboxylic acids is 1. The first-order valence-corrected chi connectivity index (χ1v) is 15.5. The van der Waals surface area contributed by atoms with Crippen LogP contribution in [0.1, 0.15) is 48.5 Å². The van der Waals surface area contributed by atoms with Crippen molar-refractivity contribution in [3.8, 4) is 17.2 Å². The number of hydrogen-bond donors (Lipinski definition) is 1. The Morgan fingerprint density at radius 3 is 2.42 bits per heavy atom. The highest BCUT2D eigenvalue weighted by molar-refractivity contribution is 7.89. The van der Waals surface area contributed by atoms with Crippen molar-refractivity contribution in [1.82, 2.24) is 4.31 Å². The molecule has 10 nitrogen and oxygen atoms in total. The predicted octanol–water partition coefficient (Wildman–Crippen LogP) is 4.94. The predicted molar refractivity (Wildman–Crippen MR) is 159 cm³/mol. The summed E-state index contributed by atoms with van der Waals surface area (Å²) >= 11 is 0. The maximum Gasteiger partial charge on any atom is 0.341 e. The number of carboxylic acids is 1. The summed E-state index contributed by atoms with van der Waals surface area (Å²) in [5.74, 6) is -0.284. The molecule has 3 aromatic rings. The molecule has 3 aromatic carbocycles. The fraction of sp³-hybridized carbons (Fsp3) is 0.375. The van der Waals surface area contributed by atoms with Gasteiger partial charge in [0.15, 0.2) is 18.1 Å². The number of carbonyl (C=O) groups excluding carboxylic acids is 1. The van der Waals surface area contributed by atoms with E-state index in [1.807, 2.05) is 19.1 Å². The van der Waals surface area contributed by atoms with E-state index < -0.39 is 40.7 Å². The van der Waals surface area contributed by atoms with Gasteiger partial charge in [-0.1, -0.05) is 35.9 Å². The number of sulfonamides is 1. The molecule has 1 aliphatic rings. The summed E-state index contributed by atoms with van der Waals surface area (Å²) in [6, 6.07) is 17.8. The first-order chi connectivity index (χ1) is 20.6. The maximum atomic E-state index is 13.7. The van der Waals surface area contributed by atoms with Crippen molar-refractivity contribution in [1.29, 1.82) is 0 Å². The van der Waals surface area contributed by atoms with Gasteiger partial charge in [0.25, 0.3) is 0 Å². The molecule has 0 saturated carbocycles. The molecule has 4 rings (SSSR count). The summed E-state index contributed by atoms with van der Waals surface area (Å²) in [4.78, 5) is 24.9. The number of benzene rings is 3. The summed E-state index contributed by atoms with van der Waals surface area (Å²) in [7, 11) is -0.828. The van der Waals surface area contributed by atoms with Gasteiger partial charge in [0.2, 0.25) is 10.0 Å². The van der Waals surface area contributed by atoms with Crippen LogP contribution in [0.25, 0.3) is 0 Å². The van der Waals surface area contributed by atoms with E-state index in [0.29, 0.717) is 54.9 Å². The number of piperidine rings is 1. The zero-order valence-electron chi connectivity index (χ0n) is 24.5. The monoisotopic (exact) mass is 611 g/mol. The van der Waals surface area contributed by atoms with Crippen LogP contribution in [0.3, 0.4) is 0 Å². The molecular formula is C32H37NO9S. The lowest BCUT2D eigenvalue weighted by Crippen LogP contribution is -2.48. The molecule has 1 fully saturated rings. The van der Waals surface area contributed by atoms with Crippen LogP contribution in [0.4, 0.5) is 0 Å². The van der Waals surface area contributed by atoms with Gasteiger partial charge in [-0.3, -0.25) is 4.79 Å². The van der Waals surface area contributed by atoms with Crippen molar-refractivity contribution in [3.63, 3.8) is 0 Å². The molecule has 0 amide bonds. The number of carboxylic acid groups (broad SMARTS) is 1. The van der Waals surface area contributed by atoms with Crippen LogP contribution < -0.4 is 14.2 Å². The number of esters is 1. The highest BCUT2D eigenvalue weighted by Gasteiger charge is 2.39. The highest BCUT2D eigenvalue weighted by Crippen LogP contribution is 2.33. The van der Waals surface area contributed by atoms with Crippen LogP contribution >= 0.6 is 0 Å². The van der Waals surface area contributed by atoms with E-state index in [9.17, 15) is 18.0 Å². The average Bonchev–Trinajstić information content (AvgIpc) is 3.02. The normalized spacial score (nSPS) is 16.2. The Morgan fingerprint density at radius 2 is 1.72 bits per heavy atom. The minimum Gasteiger partial charge on any atom is -0.493 e. The molecule has 1 saturated heterocycles. The molecular weight excluding hydrogens is 574 g/mol. The molecule has 0 spiro atoms.